The molecule has 2 fully saturated rings. The highest BCUT2D eigenvalue weighted by molar-refractivity contribution is 6.33. The second-order valence-electron chi connectivity index (χ2n) is 7.68. The molecule has 2 amide bonds. The van der Waals surface area contributed by atoms with Gasteiger partial charge in [-0.3, -0.25) is 9.59 Å². The molecule has 2 aromatic rings. The summed E-state index contributed by atoms with van der Waals surface area (Å²) in [4.78, 5) is 31.4. The molecular weight excluding hydrogens is 388 g/mol. The summed E-state index contributed by atoms with van der Waals surface area (Å²) < 4.78 is 0. The number of para-hydroxylation sites is 1. The zero-order valence-electron chi connectivity index (χ0n) is 16.5. The summed E-state index contributed by atoms with van der Waals surface area (Å²) in [5.74, 6) is -0.611. The Bertz CT molecular complexity index is 894. The Balaban J connectivity index is 1.37. The number of rotatable bonds is 4. The van der Waals surface area contributed by atoms with Crippen molar-refractivity contribution >= 4 is 40.5 Å². The second kappa shape index (κ2) is 8.43. The molecular formula is C22H25ClN4O2. The number of likely N-dealkylation sites (N-methyl/N-ethyl adjacent to an activating group) is 1. The van der Waals surface area contributed by atoms with E-state index in [0.717, 1.165) is 37.6 Å². The van der Waals surface area contributed by atoms with Crippen LogP contribution in [0.25, 0.3) is 0 Å². The van der Waals surface area contributed by atoms with E-state index in [-0.39, 0.29) is 18.2 Å². The molecule has 0 spiro atoms. The number of amides is 2. The van der Waals surface area contributed by atoms with Crippen LogP contribution < -0.4 is 15.1 Å². The number of halogens is 1. The number of anilines is 3. The Labute approximate surface area is 176 Å². The minimum absolute atomic E-state index is 0.0799. The minimum atomic E-state index is -0.393. The maximum atomic E-state index is 12.7. The summed E-state index contributed by atoms with van der Waals surface area (Å²) in [7, 11) is 2.14. The zero-order valence-corrected chi connectivity index (χ0v) is 17.2. The zero-order chi connectivity index (χ0) is 20.4. The van der Waals surface area contributed by atoms with Crippen LogP contribution >= 0.6 is 11.6 Å². The highest BCUT2D eigenvalue weighted by atomic mass is 35.5. The molecule has 0 bridgehead atoms. The van der Waals surface area contributed by atoms with E-state index in [1.54, 1.807) is 17.0 Å². The second-order valence-corrected chi connectivity index (χ2v) is 8.09. The van der Waals surface area contributed by atoms with E-state index < -0.39 is 5.92 Å². The summed E-state index contributed by atoms with van der Waals surface area (Å²) in [6.45, 7) is 4.45. The van der Waals surface area contributed by atoms with Crippen LogP contribution in [0.3, 0.4) is 0 Å². The lowest BCUT2D eigenvalue weighted by atomic mass is 10.1. The molecule has 7 heteroatoms. The van der Waals surface area contributed by atoms with E-state index in [9.17, 15) is 9.59 Å². The van der Waals surface area contributed by atoms with Crippen LogP contribution in [0.2, 0.25) is 5.02 Å². The fourth-order valence-corrected chi connectivity index (χ4v) is 4.09. The van der Waals surface area contributed by atoms with Crippen molar-refractivity contribution in [3.05, 3.63) is 53.6 Å². The number of carbonyl (C=O) groups is 2. The van der Waals surface area contributed by atoms with Gasteiger partial charge in [0, 0.05) is 50.5 Å². The molecule has 6 nitrogen and oxygen atoms in total. The van der Waals surface area contributed by atoms with Gasteiger partial charge in [0.2, 0.25) is 11.8 Å². The van der Waals surface area contributed by atoms with E-state index in [2.05, 4.69) is 22.2 Å². The van der Waals surface area contributed by atoms with Crippen molar-refractivity contribution in [2.75, 3.05) is 54.9 Å². The van der Waals surface area contributed by atoms with Crippen molar-refractivity contribution in [1.82, 2.24) is 4.90 Å². The molecule has 2 aliphatic heterocycles. The van der Waals surface area contributed by atoms with Crippen molar-refractivity contribution in [3.8, 4) is 0 Å². The molecule has 0 aliphatic carbocycles. The monoisotopic (exact) mass is 412 g/mol. The lowest BCUT2D eigenvalue weighted by Gasteiger charge is -2.34. The van der Waals surface area contributed by atoms with Crippen LogP contribution in [0.1, 0.15) is 6.42 Å². The largest absolute Gasteiger partial charge is 0.369 e. The maximum Gasteiger partial charge on any atom is 0.229 e. The number of nitrogens with zero attached hydrogens (tertiary/aromatic N) is 3. The van der Waals surface area contributed by atoms with Gasteiger partial charge < -0.3 is 20.0 Å². The van der Waals surface area contributed by atoms with Crippen molar-refractivity contribution in [1.29, 1.82) is 0 Å². The third-order valence-electron chi connectivity index (χ3n) is 5.64. The predicted molar refractivity (Wildman–Crippen MR) is 117 cm³/mol. The first-order chi connectivity index (χ1) is 14.0. The molecule has 4 rings (SSSR count). The van der Waals surface area contributed by atoms with Gasteiger partial charge in [0.05, 0.1) is 16.6 Å². The van der Waals surface area contributed by atoms with E-state index in [0.29, 0.717) is 17.3 Å². The summed E-state index contributed by atoms with van der Waals surface area (Å²) >= 11 is 6.21. The lowest BCUT2D eigenvalue weighted by Crippen LogP contribution is -2.44. The molecule has 152 valence electrons. The number of benzene rings is 2. The molecule has 0 saturated carbocycles. The quantitative estimate of drug-likeness (QED) is 0.838. The van der Waals surface area contributed by atoms with E-state index >= 15 is 0 Å². The maximum absolute atomic E-state index is 12.7. The van der Waals surface area contributed by atoms with E-state index in [1.165, 1.54) is 0 Å². The van der Waals surface area contributed by atoms with Crippen molar-refractivity contribution in [2.24, 2.45) is 5.92 Å². The van der Waals surface area contributed by atoms with Crippen LogP contribution in [0.4, 0.5) is 17.1 Å². The van der Waals surface area contributed by atoms with Crippen LogP contribution in [0, 0.1) is 5.92 Å². The number of nitrogens with one attached hydrogen (secondary N) is 1. The van der Waals surface area contributed by atoms with Gasteiger partial charge in [-0.05, 0) is 43.4 Å². The van der Waals surface area contributed by atoms with Crippen molar-refractivity contribution in [2.45, 2.75) is 6.42 Å². The molecule has 2 aromatic carbocycles. The average molecular weight is 413 g/mol. The molecule has 2 aliphatic rings. The first-order valence-electron chi connectivity index (χ1n) is 9.90. The predicted octanol–water partition coefficient (Wildman–Crippen LogP) is 3.08. The highest BCUT2D eigenvalue weighted by Gasteiger charge is 2.35. The van der Waals surface area contributed by atoms with Gasteiger partial charge >= 0.3 is 0 Å². The minimum Gasteiger partial charge on any atom is -0.369 e. The standard InChI is InChI=1S/C22H25ClN4O2/c1-25-10-12-26(13-11-25)18-8-6-17(7-9-18)24-22(29)16-14-21(28)27(15-16)20-5-3-2-4-19(20)23/h2-9,16H,10-15H2,1H3,(H,24,29). The fraction of sp³-hybridized carbons (Fsp3) is 0.364. The summed E-state index contributed by atoms with van der Waals surface area (Å²) in [6.07, 6.45) is 0.191. The lowest BCUT2D eigenvalue weighted by molar-refractivity contribution is -0.122. The van der Waals surface area contributed by atoms with Crippen LogP contribution in [0.15, 0.2) is 48.5 Å². The molecule has 2 saturated heterocycles. The van der Waals surface area contributed by atoms with Crippen LogP contribution in [-0.2, 0) is 9.59 Å². The van der Waals surface area contributed by atoms with E-state index in [1.807, 2.05) is 36.4 Å². The number of hydrogen-bond acceptors (Lipinski definition) is 4. The Kier molecular flexibility index (Phi) is 5.74. The van der Waals surface area contributed by atoms with Crippen molar-refractivity contribution in [3.63, 3.8) is 0 Å². The molecule has 29 heavy (non-hydrogen) atoms. The summed E-state index contributed by atoms with van der Waals surface area (Å²) in [5.41, 5.74) is 2.57. The number of piperazine rings is 1. The normalized spacial score (nSPS) is 20.2. The van der Waals surface area contributed by atoms with E-state index in [4.69, 9.17) is 11.6 Å². The van der Waals surface area contributed by atoms with Crippen LogP contribution in [0.5, 0.6) is 0 Å². The first kappa shape index (κ1) is 19.7. The fourth-order valence-electron chi connectivity index (χ4n) is 3.85. The number of carbonyl (C=O) groups excluding carboxylic acids is 2. The average Bonchev–Trinajstić information content (AvgIpc) is 3.11. The van der Waals surface area contributed by atoms with Gasteiger partial charge in [0.1, 0.15) is 0 Å². The summed E-state index contributed by atoms with van der Waals surface area (Å²) in [6, 6.07) is 15.1. The molecule has 1 N–H and O–H groups in total. The molecule has 0 aromatic heterocycles. The molecule has 1 atom stereocenters. The van der Waals surface area contributed by atoms with Crippen molar-refractivity contribution < 1.29 is 9.59 Å². The Morgan fingerprint density at radius 1 is 1.03 bits per heavy atom. The van der Waals surface area contributed by atoms with Gasteiger partial charge in [-0.15, -0.1) is 0 Å². The molecule has 2 heterocycles. The smallest absolute Gasteiger partial charge is 0.229 e. The third kappa shape index (κ3) is 4.38. The third-order valence-corrected chi connectivity index (χ3v) is 5.96. The van der Waals surface area contributed by atoms with Gasteiger partial charge in [-0.1, -0.05) is 23.7 Å². The topological polar surface area (TPSA) is 55.9 Å². The van der Waals surface area contributed by atoms with Gasteiger partial charge in [-0.2, -0.15) is 0 Å². The highest BCUT2D eigenvalue weighted by Crippen LogP contribution is 2.31. The summed E-state index contributed by atoms with van der Waals surface area (Å²) in [5, 5.41) is 3.47. The SMILES string of the molecule is CN1CCN(c2ccc(NC(=O)C3CC(=O)N(c4ccccc4Cl)C3)cc2)CC1. The Morgan fingerprint density at radius 3 is 2.41 bits per heavy atom. The molecule has 0 radical (unpaired) electrons. The van der Waals surface area contributed by atoms with Gasteiger partial charge in [-0.25, -0.2) is 0 Å². The first-order valence-corrected chi connectivity index (χ1v) is 10.3. The molecule has 1 unspecified atom stereocenters. The van der Waals surface area contributed by atoms with Crippen LogP contribution in [-0.4, -0.2) is 56.5 Å². The Morgan fingerprint density at radius 2 is 1.72 bits per heavy atom. The number of hydrogen-bond donors (Lipinski definition) is 1. The van der Waals surface area contributed by atoms with Gasteiger partial charge in [0.25, 0.3) is 0 Å². The Hall–Kier alpha value is -2.57. The van der Waals surface area contributed by atoms with Gasteiger partial charge in [0.15, 0.2) is 0 Å².